The number of amides is 2. The number of piperidine rings is 1. The summed E-state index contributed by atoms with van der Waals surface area (Å²) >= 11 is 0. The summed E-state index contributed by atoms with van der Waals surface area (Å²) in [5.41, 5.74) is -8.01. The van der Waals surface area contributed by atoms with Crippen molar-refractivity contribution in [2.45, 2.75) is 59.9 Å². The van der Waals surface area contributed by atoms with Crippen molar-refractivity contribution < 1.29 is 57.5 Å². The molecular weight excluding hydrogens is 679 g/mol. The van der Waals surface area contributed by atoms with Gasteiger partial charge in [-0.1, -0.05) is 30.3 Å². The first-order valence-electron chi connectivity index (χ1n) is 14.8. The number of benzene rings is 3. The molecule has 0 bridgehead atoms. The number of alkyl halides is 6. The number of halogens is 9. The molecule has 3 aromatic carbocycles. The fraction of sp³-hybridized carbons (Fsp3) is 0.406. The molecule has 2 aliphatic rings. The Balaban J connectivity index is 1.59. The lowest BCUT2D eigenvalue weighted by atomic mass is 9.88. The zero-order valence-electron chi connectivity index (χ0n) is 25.1. The number of carbonyl (C=O) groups is 1. The number of urea groups is 1. The SMILES string of the molecule is O=C(N1CCCCC1)N1CCC(c2ccc(C(OCc3c(F)cccc3F)(C(F)(F)F)C(F)(F)F)cc2)(S(=O)(=O)c2ccc(F)cc2)C1. The van der Waals surface area contributed by atoms with Crippen LogP contribution in [0.15, 0.2) is 71.6 Å². The Bertz CT molecular complexity index is 1710. The van der Waals surface area contributed by atoms with Gasteiger partial charge in [0.1, 0.15) is 22.2 Å². The van der Waals surface area contributed by atoms with Crippen LogP contribution in [0.1, 0.15) is 42.4 Å². The molecule has 2 fully saturated rings. The molecule has 0 saturated carbocycles. The highest BCUT2D eigenvalue weighted by Gasteiger charge is 2.73. The quantitative estimate of drug-likeness (QED) is 0.187. The van der Waals surface area contributed by atoms with E-state index in [1.165, 1.54) is 4.90 Å². The summed E-state index contributed by atoms with van der Waals surface area (Å²) in [4.78, 5) is 15.8. The van der Waals surface area contributed by atoms with Crippen molar-refractivity contribution in [3.8, 4) is 0 Å². The lowest BCUT2D eigenvalue weighted by molar-refractivity contribution is -0.392. The molecule has 48 heavy (non-hydrogen) atoms. The third-order valence-electron chi connectivity index (χ3n) is 8.88. The Hall–Kier alpha value is -3.79. The number of rotatable bonds is 7. The number of likely N-dealkylation sites (tertiary alicyclic amines) is 2. The maximum Gasteiger partial charge on any atom is 0.430 e. The summed E-state index contributed by atoms with van der Waals surface area (Å²) in [6.45, 7) is -1.50. The lowest BCUT2D eigenvalue weighted by Crippen LogP contribution is -2.56. The van der Waals surface area contributed by atoms with Crippen molar-refractivity contribution in [3.63, 3.8) is 0 Å². The number of nitrogens with zero attached hydrogens (tertiary/aromatic N) is 2. The van der Waals surface area contributed by atoms with Crippen LogP contribution < -0.4 is 0 Å². The zero-order chi connectivity index (χ0) is 35.1. The van der Waals surface area contributed by atoms with Gasteiger partial charge >= 0.3 is 18.4 Å². The van der Waals surface area contributed by atoms with Crippen molar-refractivity contribution >= 4 is 15.9 Å². The minimum atomic E-state index is -6.21. The minimum absolute atomic E-state index is 0.107. The second-order valence-corrected chi connectivity index (χ2v) is 14.0. The first-order valence-corrected chi connectivity index (χ1v) is 16.3. The smallest absolute Gasteiger partial charge is 0.349 e. The lowest BCUT2D eigenvalue weighted by Gasteiger charge is -2.38. The molecule has 5 rings (SSSR count). The van der Waals surface area contributed by atoms with Crippen molar-refractivity contribution in [2.24, 2.45) is 0 Å². The van der Waals surface area contributed by atoms with Crippen LogP contribution in [0.25, 0.3) is 0 Å². The standard InChI is InChI=1S/C32H29F9N2O4S/c33-23-11-13-24(14-12-23)48(45,46)29(15-18-43(20-29)28(44)42-16-2-1-3-17-42)21-7-9-22(10-8-21)30(31(36,37)38,32(39,40)41)47-19-25-26(34)5-4-6-27(25)35/h4-14H,1-3,15-20H2. The predicted octanol–water partition coefficient (Wildman–Crippen LogP) is 7.62. The summed E-state index contributed by atoms with van der Waals surface area (Å²) in [6, 6.07) is 7.72. The van der Waals surface area contributed by atoms with Gasteiger partial charge in [-0.25, -0.2) is 26.4 Å². The van der Waals surface area contributed by atoms with Crippen LogP contribution in [-0.2, 0) is 31.5 Å². The first-order chi connectivity index (χ1) is 22.4. The Morgan fingerprint density at radius 1 is 0.750 bits per heavy atom. The van der Waals surface area contributed by atoms with E-state index in [1.807, 2.05) is 0 Å². The number of carbonyl (C=O) groups excluding carboxylic acids is 1. The zero-order valence-corrected chi connectivity index (χ0v) is 25.9. The Morgan fingerprint density at radius 2 is 1.31 bits per heavy atom. The number of sulfone groups is 1. The van der Waals surface area contributed by atoms with E-state index >= 15 is 0 Å². The van der Waals surface area contributed by atoms with Crippen molar-refractivity contribution in [2.75, 3.05) is 26.2 Å². The van der Waals surface area contributed by atoms with Gasteiger partial charge in [0.25, 0.3) is 5.60 Å². The Labute approximate surface area is 270 Å². The molecule has 2 saturated heterocycles. The van der Waals surface area contributed by atoms with Gasteiger partial charge in [0.15, 0.2) is 9.84 Å². The average molecular weight is 709 g/mol. The molecule has 0 aromatic heterocycles. The highest BCUT2D eigenvalue weighted by molar-refractivity contribution is 7.92. The van der Waals surface area contributed by atoms with Gasteiger partial charge in [0.05, 0.1) is 11.5 Å². The van der Waals surface area contributed by atoms with Crippen molar-refractivity contribution in [1.82, 2.24) is 9.80 Å². The van der Waals surface area contributed by atoms with Crippen LogP contribution in [0.3, 0.4) is 0 Å². The van der Waals surface area contributed by atoms with Gasteiger partial charge in [-0.05, 0) is 67.6 Å². The molecule has 3 aromatic rings. The fourth-order valence-corrected chi connectivity index (χ4v) is 8.35. The molecule has 1 atom stereocenters. The molecule has 16 heteroatoms. The van der Waals surface area contributed by atoms with Crippen LogP contribution in [0.4, 0.5) is 44.3 Å². The van der Waals surface area contributed by atoms with E-state index in [2.05, 4.69) is 4.74 Å². The van der Waals surface area contributed by atoms with E-state index in [1.54, 1.807) is 4.90 Å². The van der Waals surface area contributed by atoms with E-state index in [9.17, 15) is 52.7 Å². The molecule has 260 valence electrons. The van der Waals surface area contributed by atoms with Crippen LogP contribution in [0.2, 0.25) is 0 Å². The second-order valence-electron chi connectivity index (χ2n) is 11.7. The summed E-state index contributed by atoms with van der Waals surface area (Å²) in [6.07, 6.45) is -10.3. The molecular formula is C32H29F9N2O4S. The van der Waals surface area contributed by atoms with Crippen molar-refractivity contribution in [1.29, 1.82) is 0 Å². The van der Waals surface area contributed by atoms with Crippen LogP contribution >= 0.6 is 0 Å². The largest absolute Gasteiger partial charge is 0.430 e. The first kappa shape index (κ1) is 35.5. The molecule has 2 heterocycles. The predicted molar refractivity (Wildman–Crippen MR) is 154 cm³/mol. The molecule has 6 nitrogen and oxygen atoms in total. The van der Waals surface area contributed by atoms with E-state index in [4.69, 9.17) is 0 Å². The van der Waals surface area contributed by atoms with Gasteiger partial charge in [0, 0.05) is 37.3 Å². The number of ether oxygens (including phenoxy) is 1. The minimum Gasteiger partial charge on any atom is -0.349 e. The summed E-state index contributed by atoms with van der Waals surface area (Å²) in [5, 5.41) is 0. The molecule has 2 amide bonds. The molecule has 0 spiro atoms. The van der Waals surface area contributed by atoms with Gasteiger partial charge in [-0.15, -0.1) is 0 Å². The highest BCUT2D eigenvalue weighted by atomic mass is 32.2. The maximum absolute atomic E-state index is 14.5. The summed E-state index contributed by atoms with van der Waals surface area (Å²) in [5.74, 6) is -3.62. The fourth-order valence-electron chi connectivity index (χ4n) is 6.27. The summed E-state index contributed by atoms with van der Waals surface area (Å²) in [7, 11) is -4.57. The Kier molecular flexibility index (Phi) is 9.56. The van der Waals surface area contributed by atoms with E-state index in [0.717, 1.165) is 61.7 Å². The van der Waals surface area contributed by atoms with Crippen LogP contribution in [0.5, 0.6) is 0 Å². The van der Waals surface area contributed by atoms with Crippen molar-refractivity contribution in [3.05, 3.63) is 101 Å². The molecule has 0 radical (unpaired) electrons. The van der Waals surface area contributed by atoms with E-state index < -0.39 is 80.3 Å². The third-order valence-corrected chi connectivity index (χ3v) is 11.4. The molecule has 1 unspecified atom stereocenters. The van der Waals surface area contributed by atoms with Gasteiger partial charge in [-0.3, -0.25) is 0 Å². The van der Waals surface area contributed by atoms with Gasteiger partial charge in [-0.2, -0.15) is 26.3 Å². The van der Waals surface area contributed by atoms with Gasteiger partial charge in [0.2, 0.25) is 0 Å². The van der Waals surface area contributed by atoms with Crippen LogP contribution in [0, 0.1) is 17.5 Å². The molecule has 2 aliphatic heterocycles. The van der Waals surface area contributed by atoms with E-state index in [-0.39, 0.29) is 23.4 Å². The normalized spacial score (nSPS) is 19.5. The third kappa shape index (κ3) is 6.12. The topological polar surface area (TPSA) is 66.9 Å². The molecule has 0 aliphatic carbocycles. The Morgan fingerprint density at radius 3 is 1.85 bits per heavy atom. The molecule has 0 N–H and O–H groups in total. The number of hydrogen-bond donors (Lipinski definition) is 0. The second kappa shape index (κ2) is 12.9. The maximum atomic E-state index is 14.5. The highest BCUT2D eigenvalue weighted by Crippen LogP contribution is 2.54. The number of hydrogen-bond acceptors (Lipinski definition) is 4. The average Bonchev–Trinajstić information content (AvgIpc) is 3.49. The van der Waals surface area contributed by atoms with Crippen LogP contribution in [-0.4, -0.2) is 62.8 Å². The monoisotopic (exact) mass is 708 g/mol. The van der Waals surface area contributed by atoms with Gasteiger partial charge < -0.3 is 14.5 Å². The summed E-state index contributed by atoms with van der Waals surface area (Å²) < 4.78 is 160. The van der Waals surface area contributed by atoms with E-state index in [0.29, 0.717) is 37.4 Å².